The van der Waals surface area contributed by atoms with Crippen molar-refractivity contribution in [2.45, 2.75) is 57.7 Å². The van der Waals surface area contributed by atoms with Crippen LogP contribution in [-0.2, 0) is 6.54 Å². The fourth-order valence-corrected chi connectivity index (χ4v) is 3.23. The van der Waals surface area contributed by atoms with Crippen molar-refractivity contribution in [3.8, 4) is 5.75 Å². The quantitative estimate of drug-likeness (QED) is 0.869. The van der Waals surface area contributed by atoms with Gasteiger partial charge in [-0.2, -0.15) is 0 Å². The first-order chi connectivity index (χ1) is 10.2. The van der Waals surface area contributed by atoms with Crippen LogP contribution < -0.4 is 10.5 Å². The van der Waals surface area contributed by atoms with Crippen molar-refractivity contribution in [3.05, 3.63) is 29.8 Å². The fraction of sp³-hybridized carbons (Fsp3) is 0.667. The Balaban J connectivity index is 0.00000176. The standard InChI is InChI=1S/C18H28N2O.ClH/c1-14(19)18-4-2-3-11-20(18)12-15-7-9-17(10-8-15)21-13-16-5-6-16;/h7-10,14,16,18H,2-6,11-13,19H2,1H3;1H. The Bertz CT molecular complexity index is 445. The van der Waals surface area contributed by atoms with Gasteiger partial charge in [0, 0.05) is 18.6 Å². The molecule has 0 spiro atoms. The number of benzene rings is 1. The van der Waals surface area contributed by atoms with Crippen LogP contribution in [-0.4, -0.2) is 30.1 Å². The average Bonchev–Trinajstić information content (AvgIpc) is 3.31. The van der Waals surface area contributed by atoms with E-state index in [2.05, 4.69) is 36.1 Å². The van der Waals surface area contributed by atoms with Crippen LogP contribution in [0.25, 0.3) is 0 Å². The first-order valence-electron chi connectivity index (χ1n) is 8.44. The van der Waals surface area contributed by atoms with Crippen LogP contribution in [0.5, 0.6) is 5.75 Å². The molecule has 2 fully saturated rings. The molecule has 3 nitrogen and oxygen atoms in total. The highest BCUT2D eigenvalue weighted by molar-refractivity contribution is 5.85. The molecule has 1 aliphatic carbocycles. The topological polar surface area (TPSA) is 38.5 Å². The molecule has 1 saturated carbocycles. The third kappa shape index (κ3) is 4.87. The van der Waals surface area contributed by atoms with Crippen LogP contribution >= 0.6 is 12.4 Å². The van der Waals surface area contributed by atoms with E-state index in [-0.39, 0.29) is 18.4 Å². The van der Waals surface area contributed by atoms with E-state index in [1.165, 1.54) is 44.2 Å². The van der Waals surface area contributed by atoms with Crippen molar-refractivity contribution in [2.24, 2.45) is 11.7 Å². The molecule has 2 aliphatic rings. The molecule has 2 unspecified atom stereocenters. The lowest BCUT2D eigenvalue weighted by Gasteiger charge is -2.38. The van der Waals surface area contributed by atoms with Crippen molar-refractivity contribution >= 4 is 12.4 Å². The zero-order valence-corrected chi connectivity index (χ0v) is 14.4. The molecule has 0 radical (unpaired) electrons. The highest BCUT2D eigenvalue weighted by Gasteiger charge is 2.25. The molecule has 22 heavy (non-hydrogen) atoms. The van der Waals surface area contributed by atoms with Gasteiger partial charge in [0.05, 0.1) is 6.61 Å². The number of nitrogens with zero attached hydrogens (tertiary/aromatic N) is 1. The molecule has 1 heterocycles. The Hall–Kier alpha value is -0.770. The molecule has 2 atom stereocenters. The molecule has 1 saturated heterocycles. The van der Waals surface area contributed by atoms with Crippen LogP contribution in [0.3, 0.4) is 0 Å². The van der Waals surface area contributed by atoms with Gasteiger partial charge in [0.25, 0.3) is 0 Å². The Kier molecular flexibility index (Phi) is 6.54. The largest absolute Gasteiger partial charge is 0.493 e. The first-order valence-corrected chi connectivity index (χ1v) is 8.44. The third-order valence-electron chi connectivity index (χ3n) is 4.76. The van der Waals surface area contributed by atoms with E-state index < -0.39 is 0 Å². The van der Waals surface area contributed by atoms with E-state index in [1.807, 2.05) is 0 Å². The van der Waals surface area contributed by atoms with Gasteiger partial charge in [-0.15, -0.1) is 12.4 Å². The summed E-state index contributed by atoms with van der Waals surface area (Å²) in [6.45, 7) is 5.21. The highest BCUT2D eigenvalue weighted by Crippen LogP contribution is 2.29. The number of hydrogen-bond acceptors (Lipinski definition) is 3. The molecule has 124 valence electrons. The summed E-state index contributed by atoms with van der Waals surface area (Å²) in [5.74, 6) is 1.82. The number of hydrogen-bond donors (Lipinski definition) is 1. The van der Waals surface area contributed by atoms with E-state index >= 15 is 0 Å². The summed E-state index contributed by atoms with van der Waals surface area (Å²) < 4.78 is 5.80. The summed E-state index contributed by atoms with van der Waals surface area (Å²) in [6.07, 6.45) is 6.53. The lowest BCUT2D eigenvalue weighted by Crippen LogP contribution is -2.48. The maximum absolute atomic E-state index is 6.15. The lowest BCUT2D eigenvalue weighted by atomic mass is 9.96. The number of likely N-dealkylation sites (tertiary alicyclic amines) is 1. The average molecular weight is 325 g/mol. The Morgan fingerprint density at radius 3 is 2.55 bits per heavy atom. The molecule has 4 heteroatoms. The summed E-state index contributed by atoms with van der Waals surface area (Å²) in [4.78, 5) is 2.55. The molecular formula is C18H29ClN2O. The van der Waals surface area contributed by atoms with Gasteiger partial charge in [-0.25, -0.2) is 0 Å². The molecule has 3 rings (SSSR count). The van der Waals surface area contributed by atoms with Gasteiger partial charge in [0.15, 0.2) is 0 Å². The Labute approximate surface area is 140 Å². The minimum atomic E-state index is 0. The SMILES string of the molecule is CC(N)C1CCCCN1Cc1ccc(OCC2CC2)cc1.Cl. The van der Waals surface area contributed by atoms with Crippen molar-refractivity contribution in [3.63, 3.8) is 0 Å². The second-order valence-electron chi connectivity index (χ2n) is 6.79. The lowest BCUT2D eigenvalue weighted by molar-refractivity contribution is 0.123. The van der Waals surface area contributed by atoms with Gasteiger partial charge in [-0.05, 0) is 62.8 Å². The molecule has 1 aromatic rings. The summed E-state index contributed by atoms with van der Waals surface area (Å²) in [5.41, 5.74) is 7.51. The van der Waals surface area contributed by atoms with Crippen molar-refractivity contribution in [1.82, 2.24) is 4.90 Å². The number of halogens is 1. The Morgan fingerprint density at radius 2 is 1.91 bits per heavy atom. The zero-order valence-electron chi connectivity index (χ0n) is 13.5. The van der Waals surface area contributed by atoms with Crippen molar-refractivity contribution < 1.29 is 4.74 Å². The molecule has 0 aromatic heterocycles. The molecule has 1 aliphatic heterocycles. The third-order valence-corrected chi connectivity index (χ3v) is 4.76. The van der Waals surface area contributed by atoms with Gasteiger partial charge in [-0.1, -0.05) is 18.6 Å². The van der Waals surface area contributed by atoms with E-state index in [9.17, 15) is 0 Å². The highest BCUT2D eigenvalue weighted by atomic mass is 35.5. The van der Waals surface area contributed by atoms with E-state index in [0.29, 0.717) is 6.04 Å². The summed E-state index contributed by atoms with van der Waals surface area (Å²) in [7, 11) is 0. The number of ether oxygens (including phenoxy) is 1. The predicted octanol–water partition coefficient (Wildman–Crippen LogP) is 3.60. The number of rotatable bonds is 6. The van der Waals surface area contributed by atoms with Gasteiger partial charge in [0.2, 0.25) is 0 Å². The Morgan fingerprint density at radius 1 is 1.18 bits per heavy atom. The zero-order chi connectivity index (χ0) is 14.7. The minimum Gasteiger partial charge on any atom is -0.493 e. The van der Waals surface area contributed by atoms with Gasteiger partial charge < -0.3 is 10.5 Å². The fourth-order valence-electron chi connectivity index (χ4n) is 3.23. The molecule has 0 bridgehead atoms. The van der Waals surface area contributed by atoms with Crippen molar-refractivity contribution in [2.75, 3.05) is 13.2 Å². The van der Waals surface area contributed by atoms with Gasteiger partial charge in [0.1, 0.15) is 5.75 Å². The smallest absolute Gasteiger partial charge is 0.119 e. The summed E-state index contributed by atoms with van der Waals surface area (Å²) in [5, 5.41) is 0. The normalized spacial score (nSPS) is 23.6. The maximum atomic E-state index is 6.15. The predicted molar refractivity (Wildman–Crippen MR) is 93.6 cm³/mol. The van der Waals surface area contributed by atoms with Crippen LogP contribution in [0.2, 0.25) is 0 Å². The van der Waals surface area contributed by atoms with Crippen LogP contribution in [0.1, 0.15) is 44.6 Å². The maximum Gasteiger partial charge on any atom is 0.119 e. The molecule has 2 N–H and O–H groups in total. The first kappa shape index (κ1) is 17.6. The molecular weight excluding hydrogens is 296 g/mol. The summed E-state index contributed by atoms with van der Waals surface area (Å²) in [6, 6.07) is 9.42. The monoisotopic (exact) mass is 324 g/mol. The van der Waals surface area contributed by atoms with E-state index in [0.717, 1.165) is 24.8 Å². The van der Waals surface area contributed by atoms with E-state index in [1.54, 1.807) is 0 Å². The number of piperidine rings is 1. The van der Waals surface area contributed by atoms with Crippen LogP contribution in [0, 0.1) is 5.92 Å². The molecule has 0 amide bonds. The van der Waals surface area contributed by atoms with Gasteiger partial charge >= 0.3 is 0 Å². The van der Waals surface area contributed by atoms with Crippen molar-refractivity contribution in [1.29, 1.82) is 0 Å². The molecule has 1 aromatic carbocycles. The summed E-state index contributed by atoms with van der Waals surface area (Å²) >= 11 is 0. The number of nitrogens with two attached hydrogens (primary N) is 1. The second kappa shape index (κ2) is 8.19. The second-order valence-corrected chi connectivity index (χ2v) is 6.79. The van der Waals surface area contributed by atoms with Gasteiger partial charge in [-0.3, -0.25) is 4.90 Å². The van der Waals surface area contributed by atoms with Crippen LogP contribution in [0.4, 0.5) is 0 Å². The van der Waals surface area contributed by atoms with Crippen LogP contribution in [0.15, 0.2) is 24.3 Å². The minimum absolute atomic E-state index is 0. The van der Waals surface area contributed by atoms with E-state index in [4.69, 9.17) is 10.5 Å².